The standard InChI is InChI=1S/C15H16F2N8O3/c1-7(6-26)28-12-3-8(16)10(20-14-19-5-9(17)13(18)21-14)4-11(12)25-15(27)24(2)22-23-25/h3-5,7,26H,6H2,1-2H3,(H3,18,19,20,21)/t7-/m0/s1. The van der Waals surface area contributed by atoms with Crippen LogP contribution in [0.15, 0.2) is 23.1 Å². The first-order valence-electron chi connectivity index (χ1n) is 7.95. The number of hydrogen-bond donors (Lipinski definition) is 3. The van der Waals surface area contributed by atoms with E-state index in [4.69, 9.17) is 10.5 Å². The number of anilines is 3. The van der Waals surface area contributed by atoms with Crippen LogP contribution in [0.1, 0.15) is 6.92 Å². The van der Waals surface area contributed by atoms with Crippen LogP contribution in [0.4, 0.5) is 26.2 Å². The number of hydrogen-bond acceptors (Lipinski definition) is 9. The Balaban J connectivity index is 2.09. The van der Waals surface area contributed by atoms with E-state index in [9.17, 15) is 18.7 Å². The second-order valence-corrected chi connectivity index (χ2v) is 5.76. The molecule has 0 spiro atoms. The second kappa shape index (κ2) is 7.56. The fourth-order valence-corrected chi connectivity index (χ4v) is 2.18. The second-order valence-electron chi connectivity index (χ2n) is 5.76. The molecule has 2 heterocycles. The molecule has 11 nitrogen and oxygen atoms in total. The van der Waals surface area contributed by atoms with Gasteiger partial charge in [0.05, 0.1) is 18.5 Å². The van der Waals surface area contributed by atoms with Crippen molar-refractivity contribution in [1.29, 1.82) is 0 Å². The molecule has 28 heavy (non-hydrogen) atoms. The summed E-state index contributed by atoms with van der Waals surface area (Å²) in [7, 11) is 1.39. The van der Waals surface area contributed by atoms with Crippen molar-refractivity contribution in [2.75, 3.05) is 17.7 Å². The third-order valence-corrected chi connectivity index (χ3v) is 3.60. The highest BCUT2D eigenvalue weighted by atomic mass is 19.1. The summed E-state index contributed by atoms with van der Waals surface area (Å²) in [6.07, 6.45) is 0.154. The molecule has 13 heteroatoms. The minimum Gasteiger partial charge on any atom is -0.486 e. The SMILES string of the molecule is C[C@@H](CO)Oc1cc(F)c(Nc2ncc(F)c(N)n2)cc1-n1nnn(C)c1=O. The van der Waals surface area contributed by atoms with Crippen LogP contribution in [0.3, 0.4) is 0 Å². The number of nitrogen functional groups attached to an aromatic ring is 1. The van der Waals surface area contributed by atoms with E-state index >= 15 is 0 Å². The van der Waals surface area contributed by atoms with Crippen molar-refractivity contribution in [3.63, 3.8) is 0 Å². The van der Waals surface area contributed by atoms with Gasteiger partial charge in [0.1, 0.15) is 17.5 Å². The van der Waals surface area contributed by atoms with Crippen molar-refractivity contribution in [1.82, 2.24) is 29.8 Å². The summed E-state index contributed by atoms with van der Waals surface area (Å²) in [5.41, 5.74) is 4.67. The minimum absolute atomic E-state index is 0.0493. The molecule has 0 aliphatic carbocycles. The van der Waals surface area contributed by atoms with E-state index in [1.807, 2.05) is 0 Å². The number of aryl methyl sites for hydroxylation is 1. The third kappa shape index (κ3) is 3.73. The van der Waals surface area contributed by atoms with Crippen molar-refractivity contribution in [2.45, 2.75) is 13.0 Å². The van der Waals surface area contributed by atoms with Gasteiger partial charge in [-0.3, -0.25) is 0 Å². The number of nitrogens with one attached hydrogen (secondary N) is 1. The minimum atomic E-state index is -0.820. The van der Waals surface area contributed by atoms with Gasteiger partial charge in [0.2, 0.25) is 5.95 Å². The molecule has 0 aliphatic heterocycles. The molecule has 0 fully saturated rings. The van der Waals surface area contributed by atoms with Crippen LogP contribution in [0, 0.1) is 11.6 Å². The molecule has 1 aromatic carbocycles. The van der Waals surface area contributed by atoms with Gasteiger partial charge in [0.25, 0.3) is 0 Å². The first-order chi connectivity index (χ1) is 13.3. The van der Waals surface area contributed by atoms with E-state index in [-0.39, 0.29) is 29.7 Å². The molecule has 0 amide bonds. The molecule has 148 valence electrons. The summed E-state index contributed by atoms with van der Waals surface area (Å²) in [4.78, 5) is 19.6. The van der Waals surface area contributed by atoms with Gasteiger partial charge < -0.3 is 20.9 Å². The topological polar surface area (TPSA) is 146 Å². The fraction of sp³-hybridized carbons (Fsp3) is 0.267. The number of halogens is 2. The number of rotatable bonds is 6. The van der Waals surface area contributed by atoms with Crippen molar-refractivity contribution in [3.05, 3.63) is 40.4 Å². The number of nitrogens with zero attached hydrogens (tertiary/aromatic N) is 6. The lowest BCUT2D eigenvalue weighted by Crippen LogP contribution is -2.24. The zero-order chi connectivity index (χ0) is 20.4. The summed E-state index contributed by atoms with van der Waals surface area (Å²) in [5.74, 6) is -2.23. The Kier molecular flexibility index (Phi) is 5.17. The van der Waals surface area contributed by atoms with Gasteiger partial charge in [-0.05, 0) is 23.4 Å². The lowest BCUT2D eigenvalue weighted by molar-refractivity contribution is 0.129. The summed E-state index contributed by atoms with van der Waals surface area (Å²) >= 11 is 0. The van der Waals surface area contributed by atoms with E-state index in [0.29, 0.717) is 0 Å². The van der Waals surface area contributed by atoms with Gasteiger partial charge in [0, 0.05) is 13.1 Å². The molecule has 0 radical (unpaired) electrons. The van der Waals surface area contributed by atoms with Gasteiger partial charge in [-0.25, -0.2) is 18.6 Å². The highest BCUT2D eigenvalue weighted by Crippen LogP contribution is 2.30. The van der Waals surface area contributed by atoms with Gasteiger partial charge in [-0.2, -0.15) is 14.3 Å². The Hall–Kier alpha value is -3.61. The molecule has 3 rings (SSSR count). The van der Waals surface area contributed by atoms with E-state index in [1.165, 1.54) is 13.1 Å². The highest BCUT2D eigenvalue weighted by Gasteiger charge is 2.19. The summed E-state index contributed by atoms with van der Waals surface area (Å²) in [5, 5.41) is 19.1. The van der Waals surface area contributed by atoms with E-state index in [2.05, 4.69) is 25.7 Å². The molecule has 4 N–H and O–H groups in total. The average Bonchev–Trinajstić information content (AvgIpc) is 2.99. The third-order valence-electron chi connectivity index (χ3n) is 3.60. The number of aliphatic hydroxyl groups excluding tert-OH is 1. The maximum Gasteiger partial charge on any atom is 0.368 e. The highest BCUT2D eigenvalue weighted by molar-refractivity contribution is 5.63. The Morgan fingerprint density at radius 2 is 2.07 bits per heavy atom. The molecule has 2 aromatic heterocycles. The van der Waals surface area contributed by atoms with Crippen molar-refractivity contribution < 1.29 is 18.6 Å². The largest absolute Gasteiger partial charge is 0.486 e. The van der Waals surface area contributed by atoms with Crippen LogP contribution in [-0.2, 0) is 7.05 Å². The van der Waals surface area contributed by atoms with Crippen LogP contribution in [0.25, 0.3) is 5.69 Å². The smallest absolute Gasteiger partial charge is 0.368 e. The van der Waals surface area contributed by atoms with Crippen molar-refractivity contribution in [3.8, 4) is 11.4 Å². The molecule has 0 bridgehead atoms. The van der Waals surface area contributed by atoms with E-state index in [1.54, 1.807) is 6.92 Å². The Bertz CT molecular complexity index is 1070. The maximum atomic E-state index is 14.6. The first-order valence-corrected chi connectivity index (χ1v) is 7.95. The molecule has 0 saturated carbocycles. The fourth-order valence-electron chi connectivity index (χ4n) is 2.18. The number of aromatic nitrogens is 6. The number of ether oxygens (including phenoxy) is 1. The summed E-state index contributed by atoms with van der Waals surface area (Å²) < 4.78 is 35.1. The first kappa shape index (κ1) is 19.2. The normalized spacial score (nSPS) is 12.0. The van der Waals surface area contributed by atoms with Gasteiger partial charge >= 0.3 is 5.69 Å². The molecule has 1 atom stereocenters. The molecular weight excluding hydrogens is 378 g/mol. The Morgan fingerprint density at radius 1 is 1.32 bits per heavy atom. The number of tetrazole rings is 1. The Labute approximate surface area is 156 Å². The van der Waals surface area contributed by atoms with Crippen LogP contribution in [0.5, 0.6) is 5.75 Å². The van der Waals surface area contributed by atoms with Crippen molar-refractivity contribution >= 4 is 17.5 Å². The van der Waals surface area contributed by atoms with E-state index < -0.39 is 29.2 Å². The van der Waals surface area contributed by atoms with Crippen LogP contribution in [-0.4, -0.2) is 47.6 Å². The summed E-state index contributed by atoms with van der Waals surface area (Å²) in [6, 6.07) is 2.21. The lowest BCUT2D eigenvalue weighted by atomic mass is 10.2. The quantitative estimate of drug-likeness (QED) is 0.530. The Morgan fingerprint density at radius 3 is 2.68 bits per heavy atom. The zero-order valence-electron chi connectivity index (χ0n) is 14.8. The number of aliphatic hydroxyl groups is 1. The monoisotopic (exact) mass is 394 g/mol. The van der Waals surface area contributed by atoms with Crippen LogP contribution < -0.4 is 21.5 Å². The maximum absolute atomic E-state index is 14.6. The molecule has 0 unspecified atom stereocenters. The van der Waals surface area contributed by atoms with Gasteiger partial charge in [-0.15, -0.1) is 0 Å². The van der Waals surface area contributed by atoms with E-state index in [0.717, 1.165) is 21.6 Å². The van der Waals surface area contributed by atoms with Gasteiger partial charge in [-0.1, -0.05) is 0 Å². The number of benzene rings is 1. The molecule has 0 aliphatic rings. The predicted octanol–water partition coefficient (Wildman–Crippen LogP) is 0.120. The predicted molar refractivity (Wildman–Crippen MR) is 93.4 cm³/mol. The zero-order valence-corrected chi connectivity index (χ0v) is 14.8. The average molecular weight is 394 g/mol. The van der Waals surface area contributed by atoms with Crippen LogP contribution in [0.2, 0.25) is 0 Å². The lowest BCUT2D eigenvalue weighted by Gasteiger charge is -2.17. The van der Waals surface area contributed by atoms with Gasteiger partial charge in [0.15, 0.2) is 17.5 Å². The molecule has 3 aromatic rings. The number of nitrogens with two attached hydrogens (primary N) is 1. The molecule has 0 saturated heterocycles. The van der Waals surface area contributed by atoms with Crippen LogP contribution >= 0.6 is 0 Å². The molecular formula is C15H16F2N8O3. The van der Waals surface area contributed by atoms with Crippen molar-refractivity contribution in [2.24, 2.45) is 7.05 Å². The summed E-state index contributed by atoms with van der Waals surface area (Å²) in [6.45, 7) is 1.22.